The summed E-state index contributed by atoms with van der Waals surface area (Å²) in [6, 6.07) is 0. The molecule has 1 atom stereocenters. The molecule has 0 aromatic heterocycles. The molecule has 2 nitrogen and oxygen atoms in total. The maximum Gasteiger partial charge on any atom is 0.152 e. The molecule has 0 aliphatic heterocycles. The van der Waals surface area contributed by atoms with Crippen molar-refractivity contribution in [1.29, 1.82) is 0 Å². The van der Waals surface area contributed by atoms with Crippen molar-refractivity contribution in [1.82, 2.24) is 0 Å². The van der Waals surface area contributed by atoms with E-state index in [1.807, 2.05) is 6.92 Å². The Labute approximate surface area is 86.6 Å². The molecule has 0 aromatic rings. The minimum Gasteiger partial charge on any atom is -0.229 e. The lowest BCUT2D eigenvalue weighted by atomic mass is 10.2. The summed E-state index contributed by atoms with van der Waals surface area (Å²) in [4.78, 5) is 0. The van der Waals surface area contributed by atoms with Gasteiger partial charge in [-0.25, -0.2) is 8.42 Å². The SMILES string of the molecule is CCC(Cl)CCCS(=O)(=O)C(C)C. The summed E-state index contributed by atoms with van der Waals surface area (Å²) in [5.41, 5.74) is 0. The van der Waals surface area contributed by atoms with E-state index in [2.05, 4.69) is 0 Å². The number of hydrogen-bond acceptors (Lipinski definition) is 2. The average molecular weight is 227 g/mol. The Morgan fingerprint density at radius 1 is 1.31 bits per heavy atom. The van der Waals surface area contributed by atoms with Crippen molar-refractivity contribution in [2.24, 2.45) is 0 Å². The van der Waals surface area contributed by atoms with Crippen molar-refractivity contribution in [3.8, 4) is 0 Å². The van der Waals surface area contributed by atoms with Crippen molar-refractivity contribution in [3.05, 3.63) is 0 Å². The first-order chi connectivity index (χ1) is 5.90. The van der Waals surface area contributed by atoms with Gasteiger partial charge in [0.1, 0.15) is 0 Å². The largest absolute Gasteiger partial charge is 0.229 e. The van der Waals surface area contributed by atoms with Gasteiger partial charge in [-0.2, -0.15) is 0 Å². The zero-order valence-electron chi connectivity index (χ0n) is 8.59. The van der Waals surface area contributed by atoms with Gasteiger partial charge in [-0.3, -0.25) is 0 Å². The Morgan fingerprint density at radius 2 is 1.85 bits per heavy atom. The summed E-state index contributed by atoms with van der Waals surface area (Å²) in [5.74, 6) is 0.272. The van der Waals surface area contributed by atoms with E-state index in [1.165, 1.54) is 0 Å². The fourth-order valence-corrected chi connectivity index (χ4v) is 2.14. The van der Waals surface area contributed by atoms with Gasteiger partial charge in [-0.05, 0) is 33.1 Å². The second kappa shape index (κ2) is 5.86. The topological polar surface area (TPSA) is 34.1 Å². The van der Waals surface area contributed by atoms with Crippen LogP contribution in [-0.4, -0.2) is 24.8 Å². The molecule has 0 amide bonds. The van der Waals surface area contributed by atoms with Gasteiger partial charge in [0.25, 0.3) is 0 Å². The quantitative estimate of drug-likeness (QED) is 0.653. The van der Waals surface area contributed by atoms with Crippen molar-refractivity contribution in [2.45, 2.75) is 50.7 Å². The molecule has 0 radical (unpaired) electrons. The van der Waals surface area contributed by atoms with Gasteiger partial charge in [0.2, 0.25) is 0 Å². The summed E-state index contributed by atoms with van der Waals surface area (Å²) >= 11 is 5.88. The molecule has 0 heterocycles. The molecule has 1 unspecified atom stereocenters. The number of halogens is 1. The smallest absolute Gasteiger partial charge is 0.152 e. The molecule has 0 bridgehead atoms. The molecule has 13 heavy (non-hydrogen) atoms. The van der Waals surface area contributed by atoms with Gasteiger partial charge in [-0.15, -0.1) is 11.6 Å². The lowest BCUT2D eigenvalue weighted by Crippen LogP contribution is -2.18. The number of rotatable bonds is 6. The molecule has 0 aromatic carbocycles. The highest BCUT2D eigenvalue weighted by atomic mass is 35.5. The molecule has 0 saturated heterocycles. The summed E-state index contributed by atoms with van der Waals surface area (Å²) in [5, 5.41) is -0.134. The van der Waals surface area contributed by atoms with Gasteiger partial charge in [-0.1, -0.05) is 6.92 Å². The predicted octanol–water partition coefficient (Wildman–Crippen LogP) is 2.61. The van der Waals surface area contributed by atoms with E-state index in [0.717, 1.165) is 12.8 Å². The number of sulfone groups is 1. The average Bonchev–Trinajstić information content (AvgIpc) is 2.03. The van der Waals surface area contributed by atoms with Crippen molar-refractivity contribution < 1.29 is 8.42 Å². The van der Waals surface area contributed by atoms with Gasteiger partial charge in [0, 0.05) is 5.38 Å². The first kappa shape index (κ1) is 13.2. The summed E-state index contributed by atoms with van der Waals surface area (Å²) < 4.78 is 22.7. The van der Waals surface area contributed by atoms with E-state index in [0.29, 0.717) is 6.42 Å². The molecule has 0 rings (SSSR count). The van der Waals surface area contributed by atoms with Crippen LogP contribution in [0.1, 0.15) is 40.0 Å². The van der Waals surface area contributed by atoms with Crippen LogP contribution in [0.15, 0.2) is 0 Å². The van der Waals surface area contributed by atoms with Crippen LogP contribution in [0, 0.1) is 0 Å². The third-order valence-corrected chi connectivity index (χ3v) is 4.93. The van der Waals surface area contributed by atoms with Crippen LogP contribution in [0.3, 0.4) is 0 Å². The second-order valence-corrected chi connectivity index (χ2v) is 6.86. The van der Waals surface area contributed by atoms with Gasteiger partial charge in [0.15, 0.2) is 9.84 Å². The van der Waals surface area contributed by atoms with Gasteiger partial charge >= 0.3 is 0 Å². The van der Waals surface area contributed by atoms with Crippen molar-refractivity contribution >= 4 is 21.4 Å². The van der Waals surface area contributed by atoms with Crippen LogP contribution in [0.5, 0.6) is 0 Å². The van der Waals surface area contributed by atoms with Crippen LogP contribution < -0.4 is 0 Å². The van der Waals surface area contributed by atoms with Crippen molar-refractivity contribution in [2.75, 3.05) is 5.75 Å². The molecule has 0 fully saturated rings. The fourth-order valence-electron chi connectivity index (χ4n) is 0.946. The van der Waals surface area contributed by atoms with E-state index in [1.54, 1.807) is 13.8 Å². The third kappa shape index (κ3) is 5.53. The zero-order chi connectivity index (χ0) is 10.5. The van der Waals surface area contributed by atoms with E-state index in [9.17, 15) is 8.42 Å². The Kier molecular flexibility index (Phi) is 5.97. The molecular formula is C9H19ClO2S. The lowest BCUT2D eigenvalue weighted by Gasteiger charge is -2.08. The Hall–Kier alpha value is 0.240. The highest BCUT2D eigenvalue weighted by Gasteiger charge is 2.15. The third-order valence-electron chi connectivity index (χ3n) is 2.11. The Bertz CT molecular complexity index is 222. The summed E-state index contributed by atoms with van der Waals surface area (Å²) in [7, 11) is -2.86. The molecule has 0 N–H and O–H groups in total. The normalized spacial score (nSPS) is 14.8. The van der Waals surface area contributed by atoms with Crippen LogP contribution in [0.4, 0.5) is 0 Å². The highest BCUT2D eigenvalue weighted by molar-refractivity contribution is 7.91. The van der Waals surface area contributed by atoms with Gasteiger partial charge < -0.3 is 0 Å². The van der Waals surface area contributed by atoms with E-state index >= 15 is 0 Å². The summed E-state index contributed by atoms with van der Waals surface area (Å²) in [6.45, 7) is 5.44. The first-order valence-electron chi connectivity index (χ1n) is 4.75. The molecule has 0 aliphatic carbocycles. The zero-order valence-corrected chi connectivity index (χ0v) is 10.2. The monoisotopic (exact) mass is 226 g/mol. The Morgan fingerprint density at radius 3 is 2.23 bits per heavy atom. The molecule has 0 spiro atoms. The van der Waals surface area contributed by atoms with Crippen LogP contribution >= 0.6 is 11.6 Å². The number of alkyl halides is 1. The first-order valence-corrected chi connectivity index (χ1v) is 6.91. The minimum atomic E-state index is -2.86. The minimum absolute atomic E-state index is 0.127. The molecule has 80 valence electrons. The van der Waals surface area contributed by atoms with Gasteiger partial charge in [0.05, 0.1) is 11.0 Å². The van der Waals surface area contributed by atoms with Crippen LogP contribution in [0.25, 0.3) is 0 Å². The summed E-state index contributed by atoms with van der Waals surface area (Å²) in [6.07, 6.45) is 2.38. The second-order valence-electron chi connectivity index (χ2n) is 3.56. The molecule has 4 heteroatoms. The molecule has 0 saturated carbocycles. The molecular weight excluding hydrogens is 208 g/mol. The van der Waals surface area contributed by atoms with Crippen LogP contribution in [-0.2, 0) is 9.84 Å². The lowest BCUT2D eigenvalue weighted by molar-refractivity contribution is 0.581. The number of hydrogen-bond donors (Lipinski definition) is 0. The standard InChI is InChI=1S/C9H19ClO2S/c1-4-9(10)6-5-7-13(11,12)8(2)3/h8-9H,4-7H2,1-3H3. The van der Waals surface area contributed by atoms with Crippen molar-refractivity contribution in [3.63, 3.8) is 0 Å². The van der Waals surface area contributed by atoms with E-state index in [4.69, 9.17) is 11.6 Å². The van der Waals surface area contributed by atoms with E-state index < -0.39 is 9.84 Å². The Balaban J connectivity index is 3.78. The van der Waals surface area contributed by atoms with Crippen LogP contribution in [0.2, 0.25) is 0 Å². The maximum atomic E-state index is 11.4. The van der Waals surface area contributed by atoms with E-state index in [-0.39, 0.29) is 16.4 Å². The fraction of sp³-hybridized carbons (Fsp3) is 1.00. The maximum absolute atomic E-state index is 11.4. The predicted molar refractivity (Wildman–Crippen MR) is 58.1 cm³/mol. The highest BCUT2D eigenvalue weighted by Crippen LogP contribution is 2.11. The molecule has 0 aliphatic rings.